The van der Waals surface area contributed by atoms with Crippen molar-refractivity contribution < 1.29 is 23.5 Å². The third-order valence-electron chi connectivity index (χ3n) is 5.93. The summed E-state index contributed by atoms with van der Waals surface area (Å²) in [5.74, 6) is 0.314. The van der Waals surface area contributed by atoms with Crippen molar-refractivity contribution >= 4 is 23.3 Å². The summed E-state index contributed by atoms with van der Waals surface area (Å²) in [6.45, 7) is 1.92. The van der Waals surface area contributed by atoms with E-state index in [0.717, 1.165) is 11.1 Å². The van der Waals surface area contributed by atoms with E-state index in [4.69, 9.17) is 14.6 Å². The Bertz CT molecular complexity index is 1320. The zero-order valence-corrected chi connectivity index (χ0v) is 20.5. The van der Waals surface area contributed by atoms with Gasteiger partial charge in [0.15, 0.2) is 11.5 Å². The van der Waals surface area contributed by atoms with Crippen LogP contribution in [0.5, 0.6) is 11.5 Å². The van der Waals surface area contributed by atoms with Gasteiger partial charge in [0.2, 0.25) is 0 Å². The number of carbonyl (C=O) groups excluding carboxylic acids is 2. The highest BCUT2D eigenvalue weighted by molar-refractivity contribution is 6.15. The molecule has 0 aliphatic carbocycles. The van der Waals surface area contributed by atoms with Crippen molar-refractivity contribution in [3.05, 3.63) is 88.7 Å². The molecule has 2 N–H and O–H groups in total. The molecule has 36 heavy (non-hydrogen) atoms. The SMILES string of the molecule is CNC(=O)N1N=C(c2ccc(C(=O)Nc3cccc(F)c3)cc2)c2cc(OC)c(OC)cc2CC1C. The lowest BCUT2D eigenvalue weighted by molar-refractivity contribution is 0.102. The molecule has 1 heterocycles. The lowest BCUT2D eigenvalue weighted by Crippen LogP contribution is -2.41. The summed E-state index contributed by atoms with van der Waals surface area (Å²) in [4.78, 5) is 25.3. The van der Waals surface area contributed by atoms with Crippen molar-refractivity contribution in [3.63, 3.8) is 0 Å². The second-order valence-corrected chi connectivity index (χ2v) is 8.31. The number of hydrogen-bond donors (Lipinski definition) is 2. The van der Waals surface area contributed by atoms with Crippen LogP contribution in [-0.2, 0) is 6.42 Å². The number of amides is 3. The van der Waals surface area contributed by atoms with Crippen molar-refractivity contribution in [1.82, 2.24) is 10.3 Å². The van der Waals surface area contributed by atoms with Crippen LogP contribution in [0.25, 0.3) is 0 Å². The fraction of sp³-hybridized carbons (Fsp3) is 0.222. The smallest absolute Gasteiger partial charge is 0.337 e. The highest BCUT2D eigenvalue weighted by Crippen LogP contribution is 2.34. The highest BCUT2D eigenvalue weighted by atomic mass is 19.1. The molecule has 1 aliphatic heterocycles. The molecular weight excluding hydrogens is 463 g/mol. The lowest BCUT2D eigenvalue weighted by Gasteiger charge is -2.22. The third-order valence-corrected chi connectivity index (χ3v) is 5.93. The number of nitrogens with one attached hydrogen (secondary N) is 2. The number of nitrogens with zero attached hydrogens (tertiary/aromatic N) is 2. The first kappa shape index (κ1) is 24.7. The molecule has 1 unspecified atom stereocenters. The van der Waals surface area contributed by atoms with Crippen molar-refractivity contribution in [1.29, 1.82) is 0 Å². The van der Waals surface area contributed by atoms with Gasteiger partial charge in [-0.15, -0.1) is 0 Å². The molecule has 4 rings (SSSR count). The molecule has 3 amide bonds. The van der Waals surface area contributed by atoms with E-state index in [1.807, 2.05) is 19.1 Å². The molecule has 0 fully saturated rings. The molecule has 0 radical (unpaired) electrons. The average molecular weight is 491 g/mol. The van der Waals surface area contributed by atoms with Crippen molar-refractivity contribution in [2.75, 3.05) is 26.6 Å². The van der Waals surface area contributed by atoms with Crippen LogP contribution in [0.1, 0.15) is 34.0 Å². The van der Waals surface area contributed by atoms with Gasteiger partial charge in [0, 0.05) is 29.4 Å². The van der Waals surface area contributed by atoms with Gasteiger partial charge >= 0.3 is 6.03 Å². The summed E-state index contributed by atoms with van der Waals surface area (Å²) in [6, 6.07) is 15.7. The summed E-state index contributed by atoms with van der Waals surface area (Å²) < 4.78 is 24.5. The van der Waals surface area contributed by atoms with E-state index >= 15 is 0 Å². The Morgan fingerprint density at radius 2 is 1.72 bits per heavy atom. The minimum Gasteiger partial charge on any atom is -0.493 e. The average Bonchev–Trinajstić information content (AvgIpc) is 3.02. The summed E-state index contributed by atoms with van der Waals surface area (Å²) in [7, 11) is 4.69. The second-order valence-electron chi connectivity index (χ2n) is 8.31. The molecule has 1 aliphatic rings. The van der Waals surface area contributed by atoms with Gasteiger partial charge in [0.25, 0.3) is 5.91 Å². The number of anilines is 1. The number of rotatable bonds is 5. The van der Waals surface area contributed by atoms with Crippen LogP contribution >= 0.6 is 0 Å². The van der Waals surface area contributed by atoms with Gasteiger partial charge in [0.05, 0.1) is 26.0 Å². The van der Waals surface area contributed by atoms with E-state index in [1.165, 1.54) is 23.2 Å². The van der Waals surface area contributed by atoms with E-state index in [1.54, 1.807) is 51.6 Å². The van der Waals surface area contributed by atoms with Gasteiger partial charge in [-0.25, -0.2) is 14.2 Å². The summed E-state index contributed by atoms with van der Waals surface area (Å²) in [6.07, 6.45) is 0.546. The van der Waals surface area contributed by atoms with E-state index in [-0.39, 0.29) is 18.0 Å². The number of benzene rings is 3. The number of halogens is 1. The molecule has 0 bridgehead atoms. The van der Waals surface area contributed by atoms with Crippen LogP contribution in [0.15, 0.2) is 65.8 Å². The molecule has 1 atom stereocenters. The van der Waals surface area contributed by atoms with Gasteiger partial charge in [-0.1, -0.05) is 18.2 Å². The number of urea groups is 1. The molecule has 0 spiro atoms. The lowest BCUT2D eigenvalue weighted by atomic mass is 9.93. The normalized spacial score (nSPS) is 14.8. The van der Waals surface area contributed by atoms with Gasteiger partial charge in [-0.2, -0.15) is 5.10 Å². The quantitative estimate of drug-likeness (QED) is 0.553. The first-order valence-corrected chi connectivity index (χ1v) is 11.4. The predicted octanol–water partition coefficient (Wildman–Crippen LogP) is 4.43. The summed E-state index contributed by atoms with van der Waals surface area (Å²) in [5.41, 5.74) is 3.74. The molecule has 0 saturated carbocycles. The molecule has 9 heteroatoms. The fourth-order valence-electron chi connectivity index (χ4n) is 4.10. The molecular formula is C27H27FN4O4. The Hall–Kier alpha value is -4.40. The highest BCUT2D eigenvalue weighted by Gasteiger charge is 2.28. The first-order valence-electron chi connectivity index (χ1n) is 11.4. The second kappa shape index (κ2) is 10.5. The monoisotopic (exact) mass is 490 g/mol. The fourth-order valence-corrected chi connectivity index (χ4v) is 4.10. The Labute approximate surface area is 208 Å². The Balaban J connectivity index is 1.74. The number of fused-ring (bicyclic) bond motifs is 1. The minimum absolute atomic E-state index is 0.226. The van der Waals surface area contributed by atoms with Crippen LogP contribution in [0, 0.1) is 5.82 Å². The summed E-state index contributed by atoms with van der Waals surface area (Å²) in [5, 5.41) is 11.5. The van der Waals surface area contributed by atoms with Crippen LogP contribution in [0.4, 0.5) is 14.9 Å². The Morgan fingerprint density at radius 3 is 2.36 bits per heavy atom. The van der Waals surface area contributed by atoms with E-state index in [9.17, 15) is 14.0 Å². The zero-order valence-electron chi connectivity index (χ0n) is 20.5. The number of hydrazone groups is 1. The zero-order chi connectivity index (χ0) is 25.8. The third kappa shape index (κ3) is 5.00. The van der Waals surface area contributed by atoms with Gasteiger partial charge in [-0.05, 0) is 61.4 Å². The van der Waals surface area contributed by atoms with Crippen molar-refractivity contribution in [2.45, 2.75) is 19.4 Å². The summed E-state index contributed by atoms with van der Waals surface area (Å²) >= 11 is 0. The Morgan fingerprint density at radius 1 is 1.03 bits per heavy atom. The molecule has 8 nitrogen and oxygen atoms in total. The van der Waals surface area contributed by atoms with Gasteiger partial charge in [-0.3, -0.25) is 4.79 Å². The number of ether oxygens (including phenoxy) is 2. The van der Waals surface area contributed by atoms with Crippen LogP contribution in [0.2, 0.25) is 0 Å². The number of carbonyl (C=O) groups is 2. The van der Waals surface area contributed by atoms with Crippen LogP contribution < -0.4 is 20.1 Å². The largest absolute Gasteiger partial charge is 0.493 e. The molecule has 186 valence electrons. The molecule has 0 aromatic heterocycles. The molecule has 3 aromatic rings. The van der Waals surface area contributed by atoms with Crippen molar-refractivity contribution in [2.24, 2.45) is 5.10 Å². The van der Waals surface area contributed by atoms with E-state index in [0.29, 0.717) is 40.4 Å². The first-order chi connectivity index (χ1) is 17.3. The number of hydrogen-bond acceptors (Lipinski definition) is 5. The van der Waals surface area contributed by atoms with Crippen molar-refractivity contribution in [3.8, 4) is 11.5 Å². The van der Waals surface area contributed by atoms with Crippen LogP contribution in [0.3, 0.4) is 0 Å². The van der Waals surface area contributed by atoms with E-state index < -0.39 is 5.82 Å². The van der Waals surface area contributed by atoms with Crippen LogP contribution in [-0.4, -0.2) is 50.0 Å². The topological polar surface area (TPSA) is 92.3 Å². The minimum atomic E-state index is -0.435. The maximum absolute atomic E-state index is 13.5. The Kier molecular flexibility index (Phi) is 7.19. The predicted molar refractivity (Wildman–Crippen MR) is 135 cm³/mol. The van der Waals surface area contributed by atoms with Gasteiger partial charge < -0.3 is 20.1 Å². The standard InChI is InChI=1S/C27H27FN4O4/c1-16-12-19-13-23(35-3)24(36-4)15-22(19)25(31-32(16)27(34)29-2)17-8-10-18(11-9-17)26(33)30-21-7-5-6-20(28)14-21/h5-11,13-16H,12H2,1-4H3,(H,29,34)(H,30,33). The number of methoxy groups -OCH3 is 2. The van der Waals surface area contributed by atoms with Gasteiger partial charge in [0.1, 0.15) is 5.82 Å². The molecule has 3 aromatic carbocycles. The van der Waals surface area contributed by atoms with E-state index in [2.05, 4.69) is 10.6 Å². The molecule has 0 saturated heterocycles. The maximum atomic E-state index is 13.5. The maximum Gasteiger partial charge on any atom is 0.337 e.